The fourth-order valence-corrected chi connectivity index (χ4v) is 3.05. The van der Waals surface area contributed by atoms with Gasteiger partial charge in [-0.2, -0.15) is 0 Å². The SMILES string of the molecule is COc1ccc2c(OCc3ccc(S(C)(=N)=N)cc3)ccnc2c1. The number of hydrogen-bond donors (Lipinski definition) is 2. The topological polar surface area (TPSA) is 79.0 Å². The lowest BCUT2D eigenvalue weighted by Crippen LogP contribution is -1.98. The van der Waals surface area contributed by atoms with Crippen molar-refractivity contribution in [3.63, 3.8) is 0 Å². The van der Waals surface area contributed by atoms with Gasteiger partial charge in [-0.15, -0.1) is 0 Å². The molecule has 0 spiro atoms. The van der Waals surface area contributed by atoms with Crippen LogP contribution in [0.15, 0.2) is 59.6 Å². The van der Waals surface area contributed by atoms with Gasteiger partial charge in [0.15, 0.2) is 0 Å². The second kappa shape index (κ2) is 6.49. The zero-order valence-electron chi connectivity index (χ0n) is 13.6. The molecule has 2 aromatic carbocycles. The smallest absolute Gasteiger partial charge is 0.130 e. The summed E-state index contributed by atoms with van der Waals surface area (Å²) in [5, 5.41) is 0.934. The number of pyridine rings is 1. The molecule has 1 aromatic heterocycles. The highest BCUT2D eigenvalue weighted by atomic mass is 32.2. The molecule has 0 fully saturated rings. The molecule has 0 atom stereocenters. The maximum atomic E-state index is 7.80. The number of methoxy groups -OCH3 is 1. The van der Waals surface area contributed by atoms with Crippen LogP contribution in [0.1, 0.15) is 5.56 Å². The molecule has 0 unspecified atom stereocenters. The molecule has 0 aliphatic carbocycles. The average molecular weight is 341 g/mol. The fourth-order valence-electron chi connectivity index (χ4n) is 2.37. The molecule has 6 heteroatoms. The van der Waals surface area contributed by atoms with E-state index < -0.39 is 9.62 Å². The zero-order chi connectivity index (χ0) is 17.2. The minimum atomic E-state index is -2.18. The van der Waals surface area contributed by atoms with Crippen molar-refractivity contribution in [3.8, 4) is 11.5 Å². The maximum Gasteiger partial charge on any atom is 0.130 e. The monoisotopic (exact) mass is 341 g/mol. The first-order valence-electron chi connectivity index (χ1n) is 7.39. The Kier molecular flexibility index (Phi) is 4.40. The first-order valence-corrected chi connectivity index (χ1v) is 9.43. The van der Waals surface area contributed by atoms with E-state index in [-0.39, 0.29) is 0 Å². The van der Waals surface area contributed by atoms with Gasteiger partial charge in [-0.05, 0) is 45.5 Å². The lowest BCUT2D eigenvalue weighted by atomic mass is 10.2. The lowest BCUT2D eigenvalue weighted by molar-refractivity contribution is 0.309. The first-order chi connectivity index (χ1) is 11.5. The van der Waals surface area contributed by atoms with E-state index in [1.54, 1.807) is 19.6 Å². The molecule has 124 valence electrons. The maximum absolute atomic E-state index is 7.80. The number of nitrogens with one attached hydrogen (secondary N) is 2. The minimum absolute atomic E-state index is 0.424. The molecule has 3 aromatic rings. The zero-order valence-corrected chi connectivity index (χ0v) is 14.4. The fraction of sp³-hybridized carbons (Fsp3) is 0.167. The van der Waals surface area contributed by atoms with Crippen LogP contribution in [0, 0.1) is 9.56 Å². The molecule has 2 N–H and O–H groups in total. The third-order valence-electron chi connectivity index (χ3n) is 3.70. The van der Waals surface area contributed by atoms with Crippen LogP contribution in [0.5, 0.6) is 11.5 Å². The minimum Gasteiger partial charge on any atom is -0.497 e. The third-order valence-corrected chi connectivity index (χ3v) is 4.91. The quantitative estimate of drug-likeness (QED) is 0.717. The molecule has 0 saturated carbocycles. The van der Waals surface area contributed by atoms with Crippen molar-refractivity contribution < 1.29 is 9.47 Å². The normalized spacial score (nSPS) is 11.4. The highest BCUT2D eigenvalue weighted by Crippen LogP contribution is 2.27. The third kappa shape index (κ3) is 3.49. The standard InChI is InChI=1S/C18H19N3O2S/c1-22-14-5-8-16-17(11-14)21-10-9-18(16)23-12-13-3-6-15(7-4-13)24(2,19)20/h3-11,19-20H,12H2,1-2H3. The van der Waals surface area contributed by atoms with Crippen molar-refractivity contribution in [3.05, 3.63) is 60.3 Å². The average Bonchev–Trinajstić information content (AvgIpc) is 2.59. The molecular weight excluding hydrogens is 322 g/mol. The molecule has 3 rings (SSSR count). The molecule has 1 heterocycles. The van der Waals surface area contributed by atoms with Crippen LogP contribution in [-0.4, -0.2) is 18.3 Å². The van der Waals surface area contributed by atoms with Gasteiger partial charge in [0.2, 0.25) is 0 Å². The van der Waals surface area contributed by atoms with Gasteiger partial charge in [0, 0.05) is 28.8 Å². The summed E-state index contributed by atoms with van der Waals surface area (Å²) < 4.78 is 26.8. The highest BCUT2D eigenvalue weighted by molar-refractivity contribution is 7.92. The van der Waals surface area contributed by atoms with Crippen LogP contribution >= 0.6 is 0 Å². The van der Waals surface area contributed by atoms with E-state index in [0.29, 0.717) is 6.61 Å². The van der Waals surface area contributed by atoms with E-state index in [0.717, 1.165) is 32.9 Å². The molecule has 0 radical (unpaired) electrons. The number of rotatable bonds is 5. The Hall–Kier alpha value is -2.60. The number of aromatic nitrogens is 1. The largest absolute Gasteiger partial charge is 0.497 e. The van der Waals surface area contributed by atoms with Gasteiger partial charge < -0.3 is 9.47 Å². The van der Waals surface area contributed by atoms with Crippen LogP contribution in [0.4, 0.5) is 0 Å². The molecule has 5 nitrogen and oxygen atoms in total. The molecule has 0 aliphatic heterocycles. The van der Waals surface area contributed by atoms with Crippen molar-refractivity contribution in [2.24, 2.45) is 0 Å². The van der Waals surface area contributed by atoms with Crippen LogP contribution in [0.2, 0.25) is 0 Å². The van der Waals surface area contributed by atoms with E-state index >= 15 is 0 Å². The summed E-state index contributed by atoms with van der Waals surface area (Å²) in [5.74, 6) is 1.53. The van der Waals surface area contributed by atoms with E-state index in [9.17, 15) is 0 Å². The van der Waals surface area contributed by atoms with Crippen molar-refractivity contribution in [1.29, 1.82) is 9.56 Å². The summed E-state index contributed by atoms with van der Waals surface area (Å²) in [6, 6.07) is 15.0. The summed E-state index contributed by atoms with van der Waals surface area (Å²) in [5.41, 5.74) is 1.82. The molecule has 0 amide bonds. The van der Waals surface area contributed by atoms with Gasteiger partial charge in [0.1, 0.15) is 18.1 Å². The molecule has 0 bridgehead atoms. The Morgan fingerprint density at radius 3 is 2.46 bits per heavy atom. The van der Waals surface area contributed by atoms with E-state index in [4.69, 9.17) is 19.0 Å². The Labute approximate surface area is 141 Å². The Balaban J connectivity index is 1.81. The second-order valence-corrected chi connectivity index (χ2v) is 7.85. The van der Waals surface area contributed by atoms with E-state index in [1.807, 2.05) is 48.5 Å². The highest BCUT2D eigenvalue weighted by Gasteiger charge is 2.06. The van der Waals surface area contributed by atoms with Gasteiger partial charge >= 0.3 is 0 Å². The summed E-state index contributed by atoms with van der Waals surface area (Å²) in [4.78, 5) is 5.09. The summed E-state index contributed by atoms with van der Waals surface area (Å²) in [6.07, 6.45) is 3.35. The van der Waals surface area contributed by atoms with E-state index in [1.165, 1.54) is 0 Å². The van der Waals surface area contributed by atoms with Crippen molar-refractivity contribution >= 4 is 20.5 Å². The van der Waals surface area contributed by atoms with Gasteiger partial charge in [0.25, 0.3) is 0 Å². The van der Waals surface area contributed by atoms with E-state index in [2.05, 4.69) is 4.98 Å². The summed E-state index contributed by atoms with van der Waals surface area (Å²) >= 11 is 0. The van der Waals surface area contributed by atoms with Gasteiger partial charge in [-0.25, -0.2) is 0 Å². The van der Waals surface area contributed by atoms with Gasteiger partial charge in [0.05, 0.1) is 12.6 Å². The number of fused-ring (bicyclic) bond motifs is 1. The number of ether oxygens (including phenoxy) is 2. The van der Waals surface area contributed by atoms with Gasteiger partial charge in [-0.3, -0.25) is 14.5 Å². The lowest BCUT2D eigenvalue weighted by Gasteiger charge is -2.11. The van der Waals surface area contributed by atoms with Crippen LogP contribution in [0.25, 0.3) is 10.9 Å². The predicted molar refractivity (Wildman–Crippen MR) is 96.1 cm³/mol. The second-order valence-electron chi connectivity index (χ2n) is 5.54. The summed E-state index contributed by atoms with van der Waals surface area (Å²) in [7, 11) is -0.553. The van der Waals surface area contributed by atoms with Crippen molar-refractivity contribution in [2.45, 2.75) is 11.5 Å². The number of benzene rings is 2. The van der Waals surface area contributed by atoms with Crippen molar-refractivity contribution in [1.82, 2.24) is 4.98 Å². The van der Waals surface area contributed by atoms with Crippen molar-refractivity contribution in [2.75, 3.05) is 13.4 Å². The molecule has 0 saturated heterocycles. The summed E-state index contributed by atoms with van der Waals surface area (Å²) in [6.45, 7) is 0.424. The Morgan fingerprint density at radius 2 is 1.79 bits per heavy atom. The Morgan fingerprint density at radius 1 is 1.04 bits per heavy atom. The van der Waals surface area contributed by atoms with Gasteiger partial charge in [-0.1, -0.05) is 12.1 Å². The molecule has 0 aliphatic rings. The molecular formula is C18H19N3O2S. The van der Waals surface area contributed by atoms with Crippen LogP contribution < -0.4 is 9.47 Å². The van der Waals surface area contributed by atoms with Crippen LogP contribution in [0.3, 0.4) is 0 Å². The Bertz CT molecular complexity index is 967. The van der Waals surface area contributed by atoms with Crippen LogP contribution in [-0.2, 0) is 16.2 Å². The number of hydrogen-bond acceptors (Lipinski definition) is 5. The number of nitrogens with zero attached hydrogens (tertiary/aromatic N) is 1. The molecule has 24 heavy (non-hydrogen) atoms. The first kappa shape index (κ1) is 16.3. The predicted octanol–water partition coefficient (Wildman–Crippen LogP) is 4.49.